The van der Waals surface area contributed by atoms with Gasteiger partial charge in [0.25, 0.3) is 0 Å². The van der Waals surface area contributed by atoms with Gasteiger partial charge in [0, 0.05) is 44.3 Å². The van der Waals surface area contributed by atoms with Crippen LogP contribution in [0.15, 0.2) is 41.6 Å². The molecule has 0 radical (unpaired) electrons. The molecule has 0 N–H and O–H groups in total. The molecule has 2 atom stereocenters. The molecule has 4 rings (SSSR count). The Labute approximate surface area is 156 Å². The van der Waals surface area contributed by atoms with Gasteiger partial charge in [-0.15, -0.1) is 0 Å². The van der Waals surface area contributed by atoms with Crippen molar-refractivity contribution in [3.63, 3.8) is 0 Å². The molecule has 9 nitrogen and oxygen atoms in total. The lowest BCUT2D eigenvalue weighted by molar-refractivity contribution is -0.136. The van der Waals surface area contributed by atoms with Crippen molar-refractivity contribution >= 4 is 5.91 Å². The van der Waals surface area contributed by atoms with Gasteiger partial charge in [0.05, 0.1) is 6.20 Å². The fourth-order valence-electron chi connectivity index (χ4n) is 3.42. The Morgan fingerprint density at radius 1 is 1.37 bits per heavy atom. The van der Waals surface area contributed by atoms with Crippen LogP contribution in [0, 0.1) is 5.92 Å². The van der Waals surface area contributed by atoms with Crippen molar-refractivity contribution in [3.8, 4) is 11.5 Å². The second kappa shape index (κ2) is 7.65. The first-order valence-electron chi connectivity index (χ1n) is 9.07. The Bertz CT molecular complexity index is 878. The van der Waals surface area contributed by atoms with E-state index in [0.29, 0.717) is 36.3 Å². The van der Waals surface area contributed by atoms with Crippen LogP contribution in [-0.2, 0) is 11.2 Å². The van der Waals surface area contributed by atoms with Crippen molar-refractivity contribution < 1.29 is 9.32 Å². The summed E-state index contributed by atoms with van der Waals surface area (Å²) in [5, 5.41) is 8.16. The summed E-state index contributed by atoms with van der Waals surface area (Å²) in [6, 6.07) is 1.53. The van der Waals surface area contributed by atoms with Crippen LogP contribution in [0.5, 0.6) is 0 Å². The van der Waals surface area contributed by atoms with E-state index in [2.05, 4.69) is 25.2 Å². The van der Waals surface area contributed by atoms with Gasteiger partial charge in [0.15, 0.2) is 0 Å². The van der Waals surface area contributed by atoms with Crippen LogP contribution in [0.1, 0.15) is 31.7 Å². The summed E-state index contributed by atoms with van der Waals surface area (Å²) in [7, 11) is 0. The Balaban J connectivity index is 1.39. The number of amides is 1. The van der Waals surface area contributed by atoms with Crippen LogP contribution in [0.2, 0.25) is 0 Å². The topological polar surface area (TPSA) is 103 Å². The number of piperidine rings is 1. The summed E-state index contributed by atoms with van der Waals surface area (Å²) < 4.78 is 7.07. The number of carbonyl (C=O) groups excluding carboxylic acids is 1. The normalized spacial score (nSPS) is 18.4. The van der Waals surface area contributed by atoms with E-state index in [1.807, 2.05) is 24.1 Å². The van der Waals surface area contributed by atoms with Gasteiger partial charge in [-0.3, -0.25) is 14.5 Å². The van der Waals surface area contributed by atoms with E-state index in [-0.39, 0.29) is 11.9 Å². The maximum absolute atomic E-state index is 12.8. The molecule has 0 saturated carbocycles. The lowest BCUT2D eigenvalue weighted by Crippen LogP contribution is -2.43. The summed E-state index contributed by atoms with van der Waals surface area (Å²) in [6.45, 7) is 3.34. The maximum Gasteiger partial charge on any atom is 0.247 e. The molecule has 1 aliphatic heterocycles. The molecule has 1 amide bonds. The monoisotopic (exact) mass is 367 g/mol. The molecular weight excluding hydrogens is 346 g/mol. The molecule has 4 heterocycles. The molecule has 0 spiro atoms. The molecule has 3 aromatic rings. The minimum absolute atomic E-state index is 0.0918. The van der Waals surface area contributed by atoms with E-state index >= 15 is 0 Å². The fraction of sp³-hybridized carbons (Fsp3) is 0.444. The quantitative estimate of drug-likeness (QED) is 0.677. The summed E-state index contributed by atoms with van der Waals surface area (Å²) >= 11 is 0. The first-order valence-corrected chi connectivity index (χ1v) is 9.07. The highest BCUT2D eigenvalue weighted by Crippen LogP contribution is 2.23. The van der Waals surface area contributed by atoms with Gasteiger partial charge in [-0.25, -0.2) is 4.98 Å². The first-order chi connectivity index (χ1) is 13.2. The van der Waals surface area contributed by atoms with Crippen LogP contribution >= 0.6 is 0 Å². The van der Waals surface area contributed by atoms with Crippen molar-refractivity contribution in [3.05, 3.63) is 42.9 Å². The zero-order chi connectivity index (χ0) is 18.6. The van der Waals surface area contributed by atoms with E-state index in [0.717, 1.165) is 19.4 Å². The lowest BCUT2D eigenvalue weighted by atomic mass is 9.94. The van der Waals surface area contributed by atoms with Gasteiger partial charge in [-0.2, -0.15) is 10.1 Å². The minimum Gasteiger partial charge on any atom is -0.341 e. The highest BCUT2D eigenvalue weighted by Gasteiger charge is 2.29. The van der Waals surface area contributed by atoms with Crippen LogP contribution < -0.4 is 0 Å². The zero-order valence-electron chi connectivity index (χ0n) is 15.1. The van der Waals surface area contributed by atoms with Crippen molar-refractivity contribution in [2.24, 2.45) is 5.92 Å². The highest BCUT2D eigenvalue weighted by atomic mass is 16.5. The van der Waals surface area contributed by atoms with Crippen LogP contribution in [0.25, 0.3) is 11.5 Å². The Kier molecular flexibility index (Phi) is 4.91. The highest BCUT2D eigenvalue weighted by molar-refractivity contribution is 5.80. The van der Waals surface area contributed by atoms with Crippen LogP contribution in [0.3, 0.4) is 0 Å². The predicted octanol–water partition coefficient (Wildman–Crippen LogP) is 1.77. The molecule has 2 unspecified atom stereocenters. The van der Waals surface area contributed by atoms with E-state index in [4.69, 9.17) is 4.52 Å². The number of carbonyl (C=O) groups is 1. The third-order valence-electron chi connectivity index (χ3n) is 4.83. The average molecular weight is 367 g/mol. The van der Waals surface area contributed by atoms with Gasteiger partial charge in [0.2, 0.25) is 17.6 Å². The van der Waals surface area contributed by atoms with Gasteiger partial charge in [-0.1, -0.05) is 5.16 Å². The van der Waals surface area contributed by atoms with Gasteiger partial charge in [0.1, 0.15) is 11.7 Å². The number of aromatic nitrogens is 6. The molecule has 9 heteroatoms. The molecule has 0 aromatic carbocycles. The molecule has 0 aliphatic carbocycles. The maximum atomic E-state index is 12.8. The van der Waals surface area contributed by atoms with Crippen LogP contribution in [-0.4, -0.2) is 53.8 Å². The Hall–Kier alpha value is -3.10. The van der Waals surface area contributed by atoms with E-state index < -0.39 is 0 Å². The fourth-order valence-corrected chi connectivity index (χ4v) is 3.42. The first kappa shape index (κ1) is 17.3. The van der Waals surface area contributed by atoms with Crippen molar-refractivity contribution in [1.82, 2.24) is 34.8 Å². The van der Waals surface area contributed by atoms with Gasteiger partial charge < -0.3 is 9.42 Å². The minimum atomic E-state index is -0.301. The zero-order valence-corrected chi connectivity index (χ0v) is 15.1. The second-order valence-electron chi connectivity index (χ2n) is 6.76. The number of nitrogens with zero attached hydrogens (tertiary/aromatic N) is 7. The van der Waals surface area contributed by atoms with E-state index in [1.54, 1.807) is 29.5 Å². The van der Waals surface area contributed by atoms with E-state index in [1.165, 1.54) is 0 Å². The van der Waals surface area contributed by atoms with Crippen LogP contribution in [0.4, 0.5) is 0 Å². The average Bonchev–Trinajstić information content (AvgIpc) is 3.40. The van der Waals surface area contributed by atoms with Gasteiger partial charge in [-0.05, 0) is 31.7 Å². The Morgan fingerprint density at radius 2 is 2.30 bits per heavy atom. The SMILES string of the molecule is CC(C(=O)N1CCCC(Cc2nc(-c3cnccn3)no2)C1)n1cccn1. The smallest absolute Gasteiger partial charge is 0.247 e. The summed E-state index contributed by atoms with van der Waals surface area (Å²) in [5.41, 5.74) is 0.584. The number of rotatable bonds is 5. The lowest BCUT2D eigenvalue weighted by Gasteiger charge is -2.33. The van der Waals surface area contributed by atoms with E-state index in [9.17, 15) is 4.79 Å². The Morgan fingerprint density at radius 3 is 3.07 bits per heavy atom. The molecule has 1 aliphatic rings. The van der Waals surface area contributed by atoms with Crippen molar-refractivity contribution in [2.75, 3.05) is 13.1 Å². The predicted molar refractivity (Wildman–Crippen MR) is 95.3 cm³/mol. The molecule has 140 valence electrons. The summed E-state index contributed by atoms with van der Waals surface area (Å²) in [4.78, 5) is 27.3. The largest absolute Gasteiger partial charge is 0.341 e. The number of likely N-dealkylation sites (tertiary alicyclic amines) is 1. The molecule has 27 heavy (non-hydrogen) atoms. The molecular formula is C18H21N7O2. The van der Waals surface area contributed by atoms with Gasteiger partial charge >= 0.3 is 0 Å². The standard InChI is InChI=1S/C18H21N7O2/c1-13(25-9-3-5-21-25)18(26)24-8-2-4-14(12-24)10-16-22-17(23-27-16)15-11-19-6-7-20-15/h3,5-7,9,11,13-14H,2,4,8,10,12H2,1H3. The summed E-state index contributed by atoms with van der Waals surface area (Å²) in [5.74, 6) is 1.39. The third-order valence-corrected chi connectivity index (χ3v) is 4.83. The number of hydrogen-bond acceptors (Lipinski definition) is 7. The summed E-state index contributed by atoms with van der Waals surface area (Å²) in [6.07, 6.45) is 10.9. The third kappa shape index (κ3) is 3.86. The molecule has 1 fully saturated rings. The van der Waals surface area contributed by atoms with Crippen molar-refractivity contribution in [1.29, 1.82) is 0 Å². The molecule has 3 aromatic heterocycles. The molecule has 1 saturated heterocycles. The second-order valence-corrected chi connectivity index (χ2v) is 6.76. The number of hydrogen-bond donors (Lipinski definition) is 0. The molecule has 0 bridgehead atoms. The van der Waals surface area contributed by atoms with Crippen molar-refractivity contribution in [2.45, 2.75) is 32.2 Å².